The Morgan fingerprint density at radius 1 is 0.652 bits per heavy atom. The number of esters is 1. The first-order valence-corrected chi connectivity index (χ1v) is 14.1. The van der Waals surface area contributed by atoms with E-state index in [2.05, 4.69) is 0 Å². The summed E-state index contributed by atoms with van der Waals surface area (Å²) in [6.07, 6.45) is 0.250. The van der Waals surface area contributed by atoms with Crippen molar-refractivity contribution >= 4 is 47.6 Å². The van der Waals surface area contributed by atoms with E-state index in [1.165, 1.54) is 24.3 Å². The number of carbonyl (C=O) groups excluding carboxylic acids is 9. The molecule has 2 aliphatic heterocycles. The molecular formula is C32H34N4O10. The minimum Gasteiger partial charge on any atom is -0.459 e. The number of rotatable bonds is 7. The van der Waals surface area contributed by atoms with E-state index < -0.39 is 72.1 Å². The van der Waals surface area contributed by atoms with Crippen molar-refractivity contribution < 1.29 is 47.9 Å². The molecule has 0 aliphatic carbocycles. The lowest BCUT2D eigenvalue weighted by atomic mass is 9.96. The Bertz CT molecular complexity index is 1560. The van der Waals surface area contributed by atoms with Crippen molar-refractivity contribution in [3.63, 3.8) is 0 Å². The number of hydrogen-bond donors (Lipinski definition) is 0. The summed E-state index contributed by atoms with van der Waals surface area (Å²) in [7, 11) is 0. The molecule has 0 N–H and O–H groups in total. The van der Waals surface area contributed by atoms with Crippen LogP contribution in [0.1, 0.15) is 83.0 Å². The van der Waals surface area contributed by atoms with E-state index in [1.54, 1.807) is 65.8 Å². The van der Waals surface area contributed by atoms with Gasteiger partial charge in [0, 0.05) is 6.54 Å². The number of fused-ring (bicyclic) bond motifs is 2. The topological polar surface area (TPSA) is 176 Å². The molecule has 242 valence electrons. The summed E-state index contributed by atoms with van der Waals surface area (Å²) < 4.78 is 5.41. The van der Waals surface area contributed by atoms with Gasteiger partial charge in [0.15, 0.2) is 0 Å². The van der Waals surface area contributed by atoms with Crippen molar-refractivity contribution in [3.05, 3.63) is 70.8 Å². The van der Waals surface area contributed by atoms with Crippen LogP contribution >= 0.6 is 0 Å². The van der Waals surface area contributed by atoms with Crippen LogP contribution in [0.5, 0.6) is 0 Å². The number of amides is 6. The molecule has 0 radical (unpaired) electrons. The maximum Gasteiger partial charge on any atom is 0.373 e. The van der Waals surface area contributed by atoms with Crippen LogP contribution in [0.4, 0.5) is 0 Å². The molecule has 0 spiro atoms. The molecule has 0 fully saturated rings. The number of nitrogens with zero attached hydrogens (tertiary/aromatic N) is 4. The second-order valence-electron chi connectivity index (χ2n) is 12.6. The van der Waals surface area contributed by atoms with Gasteiger partial charge in [-0.15, -0.1) is 0 Å². The summed E-state index contributed by atoms with van der Waals surface area (Å²) in [5.41, 5.74) is -1.00. The Labute approximate surface area is 264 Å². The minimum absolute atomic E-state index is 0.119. The van der Waals surface area contributed by atoms with Crippen molar-refractivity contribution in [2.75, 3.05) is 26.2 Å². The molecule has 0 saturated heterocycles. The first kappa shape index (κ1) is 35.0. The van der Waals surface area contributed by atoms with Crippen LogP contribution in [0.3, 0.4) is 0 Å². The lowest BCUT2D eigenvalue weighted by Crippen LogP contribution is -2.59. The first-order valence-electron chi connectivity index (χ1n) is 14.1. The predicted molar refractivity (Wildman–Crippen MR) is 157 cm³/mol. The molecule has 46 heavy (non-hydrogen) atoms. The largest absolute Gasteiger partial charge is 0.459 e. The van der Waals surface area contributed by atoms with Crippen LogP contribution in [0.15, 0.2) is 48.5 Å². The van der Waals surface area contributed by atoms with Gasteiger partial charge in [0.25, 0.3) is 35.4 Å². The molecule has 2 heterocycles. The van der Waals surface area contributed by atoms with E-state index in [9.17, 15) is 33.6 Å². The molecule has 0 saturated carbocycles. The first-order chi connectivity index (χ1) is 21.4. The molecule has 0 aromatic heterocycles. The maximum absolute atomic E-state index is 13.9. The summed E-state index contributed by atoms with van der Waals surface area (Å²) in [6.45, 7) is 7.93. The van der Waals surface area contributed by atoms with Crippen molar-refractivity contribution in [3.8, 4) is 0 Å². The summed E-state index contributed by atoms with van der Waals surface area (Å²) in [5.74, 6) is -5.31. The third-order valence-electron chi connectivity index (χ3n) is 6.53. The molecule has 0 unspecified atom stereocenters. The van der Waals surface area contributed by atoms with E-state index in [1.807, 2.05) is 0 Å². The highest BCUT2D eigenvalue weighted by Crippen LogP contribution is 2.25. The van der Waals surface area contributed by atoms with Crippen LogP contribution in [0, 0.1) is 5.41 Å². The van der Waals surface area contributed by atoms with Gasteiger partial charge < -0.3 is 4.74 Å². The predicted octanol–water partition coefficient (Wildman–Crippen LogP) is 1.96. The van der Waals surface area contributed by atoms with Crippen LogP contribution < -0.4 is 0 Å². The third kappa shape index (κ3) is 7.96. The Kier molecular flexibility index (Phi) is 10.4. The van der Waals surface area contributed by atoms with Crippen LogP contribution in [0.25, 0.3) is 0 Å². The van der Waals surface area contributed by atoms with Gasteiger partial charge in [-0.2, -0.15) is 9.59 Å². The highest BCUT2D eigenvalue weighted by molar-refractivity contribution is 6.23. The van der Waals surface area contributed by atoms with E-state index in [0.717, 1.165) is 19.8 Å². The molecule has 14 nitrogen and oxygen atoms in total. The van der Waals surface area contributed by atoms with Gasteiger partial charge in [0.1, 0.15) is 25.2 Å². The molecule has 2 aromatic rings. The van der Waals surface area contributed by atoms with Crippen molar-refractivity contribution in [1.29, 1.82) is 0 Å². The van der Waals surface area contributed by atoms with Crippen molar-refractivity contribution in [2.45, 2.75) is 47.1 Å². The van der Waals surface area contributed by atoms with Crippen molar-refractivity contribution in [1.82, 2.24) is 19.8 Å². The average molecular weight is 635 g/mol. The SMILES string of the molecule is CC(C)(C)CN(C(=O)CN1C(=O)c2ccccc2C1=O)N(CC(=O)OC(C)(C)C)C(=O)CN1C(=O)c2ccccc2C1=O.O=C=O. The molecule has 0 atom stereocenters. The molecule has 2 aliphatic rings. The fraction of sp³-hybridized carbons (Fsp3) is 0.375. The van der Waals surface area contributed by atoms with Crippen LogP contribution in [0.2, 0.25) is 0 Å². The quantitative estimate of drug-likeness (QED) is 0.249. The highest BCUT2D eigenvalue weighted by atomic mass is 16.6. The van der Waals surface area contributed by atoms with Gasteiger partial charge in [-0.3, -0.25) is 43.4 Å². The molecule has 4 rings (SSSR count). The monoisotopic (exact) mass is 634 g/mol. The van der Waals surface area contributed by atoms with E-state index in [0.29, 0.717) is 0 Å². The molecule has 6 amide bonds. The van der Waals surface area contributed by atoms with E-state index >= 15 is 0 Å². The number of hydrogen-bond acceptors (Lipinski definition) is 10. The molecule has 0 bridgehead atoms. The van der Waals surface area contributed by atoms with Gasteiger partial charge >= 0.3 is 12.1 Å². The van der Waals surface area contributed by atoms with Gasteiger partial charge in [0.2, 0.25) is 0 Å². The summed E-state index contributed by atoms with van der Waals surface area (Å²) in [6, 6.07) is 12.3. The van der Waals surface area contributed by atoms with Gasteiger partial charge in [0.05, 0.1) is 22.3 Å². The van der Waals surface area contributed by atoms with Crippen molar-refractivity contribution in [2.24, 2.45) is 5.41 Å². The Balaban J connectivity index is 0.00000185. The fourth-order valence-corrected chi connectivity index (χ4v) is 4.76. The Hall–Kier alpha value is -5.49. The fourth-order valence-electron chi connectivity index (χ4n) is 4.76. The standard InChI is InChI=1S/C31H34N4O8.CO2/c1-30(2,3)18-35(24(37)16-33-28(41)21-13-9-10-14-22(21)29(33)42)34(17-25(38)43-31(4,5)6)23(36)15-32-26(39)19-11-7-8-12-20(19)27(32)40;2-1-3/h7-14H,15-18H2,1-6H3;. The zero-order valence-corrected chi connectivity index (χ0v) is 26.3. The van der Waals surface area contributed by atoms with E-state index in [-0.39, 0.29) is 35.0 Å². The number of ether oxygens (including phenoxy) is 1. The number of benzene rings is 2. The Morgan fingerprint density at radius 3 is 1.28 bits per heavy atom. The number of carbonyl (C=O) groups is 7. The lowest BCUT2D eigenvalue weighted by molar-refractivity contribution is -0.191. The second kappa shape index (κ2) is 13.7. The average Bonchev–Trinajstić information content (AvgIpc) is 3.34. The maximum atomic E-state index is 13.9. The summed E-state index contributed by atoms with van der Waals surface area (Å²) >= 11 is 0. The zero-order chi connectivity index (χ0) is 34.6. The normalized spacial score (nSPS) is 13.8. The number of imide groups is 2. The lowest BCUT2D eigenvalue weighted by Gasteiger charge is -2.39. The van der Waals surface area contributed by atoms with Crippen LogP contribution in [-0.2, 0) is 28.7 Å². The zero-order valence-electron chi connectivity index (χ0n) is 26.3. The highest BCUT2D eigenvalue weighted by Gasteiger charge is 2.42. The van der Waals surface area contributed by atoms with Gasteiger partial charge in [-0.1, -0.05) is 45.0 Å². The second-order valence-corrected chi connectivity index (χ2v) is 12.6. The summed E-state index contributed by atoms with van der Waals surface area (Å²) in [4.78, 5) is 110. The molecule has 2 aromatic carbocycles. The third-order valence-corrected chi connectivity index (χ3v) is 6.53. The Morgan fingerprint density at radius 2 is 0.978 bits per heavy atom. The van der Waals surface area contributed by atoms with E-state index in [4.69, 9.17) is 14.3 Å². The van der Waals surface area contributed by atoms with Crippen LogP contribution in [-0.4, -0.2) is 99.2 Å². The summed E-state index contributed by atoms with van der Waals surface area (Å²) in [5, 5.41) is 1.80. The molecule has 14 heteroatoms. The van der Waals surface area contributed by atoms with Gasteiger partial charge in [-0.05, 0) is 50.5 Å². The number of hydrazine groups is 1. The molecular weight excluding hydrogens is 600 g/mol. The smallest absolute Gasteiger partial charge is 0.373 e. The minimum atomic E-state index is -0.923. The van der Waals surface area contributed by atoms with Gasteiger partial charge in [-0.25, -0.2) is 10.0 Å².